The van der Waals surface area contributed by atoms with E-state index in [4.69, 9.17) is 0 Å². The maximum Gasteiger partial charge on any atom is 0.238 e. The summed E-state index contributed by atoms with van der Waals surface area (Å²) in [5.74, 6) is -0.248. The third-order valence-corrected chi connectivity index (χ3v) is 6.00. The van der Waals surface area contributed by atoms with Gasteiger partial charge in [-0.25, -0.2) is 4.90 Å². The zero-order valence-electron chi connectivity index (χ0n) is 12.4. The lowest BCUT2D eigenvalue weighted by Crippen LogP contribution is -2.33. The number of amides is 2. The summed E-state index contributed by atoms with van der Waals surface area (Å²) in [6.07, 6.45) is 4.25. The van der Waals surface area contributed by atoms with Crippen molar-refractivity contribution in [1.29, 1.82) is 0 Å². The summed E-state index contributed by atoms with van der Waals surface area (Å²) in [6.45, 7) is 4.16. The lowest BCUT2D eigenvalue weighted by Gasteiger charge is -2.20. The number of imide groups is 1. The van der Waals surface area contributed by atoms with E-state index in [0.29, 0.717) is 0 Å². The Morgan fingerprint density at radius 2 is 1.55 bits per heavy atom. The van der Waals surface area contributed by atoms with E-state index in [0.717, 1.165) is 9.26 Å². The van der Waals surface area contributed by atoms with E-state index in [-0.39, 0.29) is 35.5 Å². The van der Waals surface area contributed by atoms with Gasteiger partial charge < -0.3 is 0 Å². The van der Waals surface area contributed by atoms with E-state index in [1.165, 1.54) is 16.0 Å². The van der Waals surface area contributed by atoms with Gasteiger partial charge in [-0.15, -0.1) is 0 Å². The molecule has 0 radical (unpaired) electrons. The molecule has 1 aliphatic heterocycles. The van der Waals surface area contributed by atoms with Crippen molar-refractivity contribution in [3.63, 3.8) is 0 Å². The molecule has 3 nitrogen and oxygen atoms in total. The van der Waals surface area contributed by atoms with Gasteiger partial charge >= 0.3 is 0 Å². The van der Waals surface area contributed by atoms with Crippen molar-refractivity contribution in [3.05, 3.63) is 51.1 Å². The Balaban J connectivity index is 1.80. The van der Waals surface area contributed by atoms with Gasteiger partial charge in [-0.1, -0.05) is 35.4 Å². The van der Waals surface area contributed by atoms with Crippen LogP contribution < -0.4 is 4.90 Å². The van der Waals surface area contributed by atoms with E-state index >= 15 is 0 Å². The number of hydrogen-bond donors (Lipinski definition) is 0. The molecule has 0 aromatic heterocycles. The Bertz CT molecular complexity index is 726. The molecule has 112 valence electrons. The van der Waals surface area contributed by atoms with Gasteiger partial charge in [-0.2, -0.15) is 0 Å². The largest absolute Gasteiger partial charge is 0.274 e. The number of allylic oxidation sites excluding steroid dienone is 4. The van der Waals surface area contributed by atoms with E-state index in [1.54, 1.807) is 0 Å². The predicted octanol–water partition coefficient (Wildman–Crippen LogP) is 3.55. The van der Waals surface area contributed by atoms with Crippen LogP contribution in [-0.2, 0) is 9.59 Å². The highest BCUT2D eigenvalue weighted by molar-refractivity contribution is 14.1. The topological polar surface area (TPSA) is 37.4 Å². The first kappa shape index (κ1) is 14.2. The Labute approximate surface area is 143 Å². The number of benzene rings is 1. The Hall–Kier alpha value is -1.43. The number of nitrogens with zero attached hydrogens (tertiary/aromatic N) is 1. The van der Waals surface area contributed by atoms with Crippen LogP contribution in [0.1, 0.15) is 13.8 Å². The molecule has 0 spiro atoms. The van der Waals surface area contributed by atoms with Gasteiger partial charge in [-0.3, -0.25) is 9.59 Å². The van der Waals surface area contributed by atoms with Crippen LogP contribution in [0.3, 0.4) is 0 Å². The van der Waals surface area contributed by atoms with E-state index in [9.17, 15) is 9.59 Å². The molecule has 2 amide bonds. The summed E-state index contributed by atoms with van der Waals surface area (Å²) in [5.41, 5.74) is 3.26. The van der Waals surface area contributed by atoms with Gasteiger partial charge in [0.1, 0.15) is 0 Å². The molecule has 4 rings (SSSR count). The van der Waals surface area contributed by atoms with Crippen LogP contribution in [0.5, 0.6) is 0 Å². The zero-order valence-corrected chi connectivity index (χ0v) is 14.6. The van der Waals surface area contributed by atoms with Crippen LogP contribution in [0, 0.1) is 27.2 Å². The molecule has 2 fully saturated rings. The summed E-state index contributed by atoms with van der Waals surface area (Å²) in [4.78, 5) is 27.3. The molecule has 1 saturated carbocycles. The molecule has 3 aliphatic rings. The maximum absolute atomic E-state index is 13.0. The Kier molecular flexibility index (Phi) is 3.08. The van der Waals surface area contributed by atoms with Crippen LogP contribution in [0.2, 0.25) is 0 Å². The smallest absolute Gasteiger partial charge is 0.238 e. The molecule has 2 aliphatic carbocycles. The fraction of sp³-hybridized carbons (Fsp3) is 0.333. The molecule has 4 heteroatoms. The highest BCUT2D eigenvalue weighted by Crippen LogP contribution is 2.57. The molecule has 1 aromatic rings. The summed E-state index contributed by atoms with van der Waals surface area (Å²) >= 11 is 2.18. The molecule has 0 N–H and O–H groups in total. The lowest BCUT2D eigenvalue weighted by molar-refractivity contribution is -0.122. The van der Waals surface area contributed by atoms with Gasteiger partial charge in [0.05, 0.1) is 17.5 Å². The van der Waals surface area contributed by atoms with Gasteiger partial charge in [0.2, 0.25) is 11.8 Å². The average molecular weight is 405 g/mol. The normalized spacial score (nSPS) is 32.1. The second-order valence-electron chi connectivity index (χ2n) is 6.41. The number of carbonyl (C=O) groups excluding carboxylic acids is 2. The monoisotopic (exact) mass is 405 g/mol. The molecular formula is C18H16INO2. The quantitative estimate of drug-likeness (QED) is 0.407. The van der Waals surface area contributed by atoms with Crippen LogP contribution in [0.25, 0.3) is 0 Å². The number of anilines is 1. The Morgan fingerprint density at radius 1 is 1.00 bits per heavy atom. The first-order chi connectivity index (χ1) is 10.5. The third kappa shape index (κ3) is 1.67. The summed E-state index contributed by atoms with van der Waals surface area (Å²) < 4.78 is 0.935. The van der Waals surface area contributed by atoms with Crippen LogP contribution in [-0.4, -0.2) is 11.8 Å². The molecule has 1 heterocycles. The van der Waals surface area contributed by atoms with E-state index in [2.05, 4.69) is 48.6 Å². The molecule has 1 saturated heterocycles. The minimum Gasteiger partial charge on any atom is -0.274 e. The number of halogens is 1. The van der Waals surface area contributed by atoms with Gasteiger partial charge in [-0.05, 0) is 48.6 Å². The zero-order chi connectivity index (χ0) is 15.6. The molecule has 4 unspecified atom stereocenters. The minimum absolute atomic E-state index is 0.0327. The predicted molar refractivity (Wildman–Crippen MR) is 93.1 cm³/mol. The van der Waals surface area contributed by atoms with Gasteiger partial charge in [0, 0.05) is 15.4 Å². The third-order valence-electron chi connectivity index (χ3n) is 5.09. The van der Waals surface area contributed by atoms with Gasteiger partial charge in [0.15, 0.2) is 0 Å². The van der Waals surface area contributed by atoms with Crippen LogP contribution in [0.4, 0.5) is 5.69 Å². The second-order valence-corrected chi connectivity index (χ2v) is 7.57. The fourth-order valence-corrected chi connectivity index (χ4v) is 4.93. The summed E-state index contributed by atoms with van der Waals surface area (Å²) in [7, 11) is 0. The standard InChI is InChI=1S/C18H16INO2/c1-9(2)14-10-7-8-11(14)16-15(10)17(21)20(18(16)22)13-6-4-3-5-12(13)19/h3-8,10-11,15-16H,1-2H3. The van der Waals surface area contributed by atoms with Crippen molar-refractivity contribution in [2.24, 2.45) is 23.7 Å². The first-order valence-corrected chi connectivity index (χ1v) is 8.58. The SMILES string of the molecule is CC(C)=C1C2C=CC1C1C(=O)N(c3ccccc3I)C(=O)C21. The van der Waals surface area contributed by atoms with Crippen molar-refractivity contribution in [2.45, 2.75) is 13.8 Å². The van der Waals surface area contributed by atoms with Crippen molar-refractivity contribution in [3.8, 4) is 0 Å². The van der Waals surface area contributed by atoms with Crippen molar-refractivity contribution in [2.75, 3.05) is 4.90 Å². The second kappa shape index (κ2) is 4.78. The molecule has 4 atom stereocenters. The number of fused-ring (bicyclic) bond motifs is 5. The van der Waals surface area contributed by atoms with Crippen molar-refractivity contribution < 1.29 is 9.59 Å². The van der Waals surface area contributed by atoms with Crippen LogP contribution in [0.15, 0.2) is 47.6 Å². The number of rotatable bonds is 1. The lowest BCUT2D eigenvalue weighted by atomic mass is 9.85. The molecule has 1 aromatic carbocycles. The Morgan fingerprint density at radius 3 is 2.05 bits per heavy atom. The highest BCUT2D eigenvalue weighted by Gasteiger charge is 2.62. The number of hydrogen-bond acceptors (Lipinski definition) is 2. The van der Waals surface area contributed by atoms with Gasteiger partial charge in [0.25, 0.3) is 0 Å². The number of carbonyl (C=O) groups is 2. The maximum atomic E-state index is 13.0. The minimum atomic E-state index is -0.205. The average Bonchev–Trinajstić information content (AvgIpc) is 3.11. The molecule has 2 bridgehead atoms. The van der Waals surface area contributed by atoms with E-state index < -0.39 is 0 Å². The summed E-state index contributed by atoms with van der Waals surface area (Å²) in [5, 5.41) is 0. The first-order valence-electron chi connectivity index (χ1n) is 7.50. The van der Waals surface area contributed by atoms with Crippen molar-refractivity contribution >= 4 is 40.1 Å². The fourth-order valence-electron chi connectivity index (χ4n) is 4.30. The van der Waals surface area contributed by atoms with Crippen molar-refractivity contribution in [1.82, 2.24) is 0 Å². The summed E-state index contributed by atoms with van der Waals surface area (Å²) in [6, 6.07) is 7.58. The van der Waals surface area contributed by atoms with E-state index in [1.807, 2.05) is 24.3 Å². The molecular weight excluding hydrogens is 389 g/mol. The molecule has 22 heavy (non-hydrogen) atoms. The highest BCUT2D eigenvalue weighted by atomic mass is 127. The van der Waals surface area contributed by atoms with Crippen LogP contribution >= 0.6 is 22.6 Å². The number of para-hydroxylation sites is 1.